The molecule has 0 spiro atoms. The monoisotopic (exact) mass is 273 g/mol. The van der Waals surface area contributed by atoms with Crippen LogP contribution in [0.4, 0.5) is 0 Å². The largest absolute Gasteiger partial charge is 0.312 e. The second kappa shape index (κ2) is 6.88. The lowest BCUT2D eigenvalue weighted by atomic mass is 10.0. The van der Waals surface area contributed by atoms with Gasteiger partial charge < -0.3 is 5.32 Å². The molecule has 1 N–H and O–H groups in total. The molecule has 2 heteroatoms. The summed E-state index contributed by atoms with van der Waals surface area (Å²) in [6.07, 6.45) is 3.49. The molecule has 0 amide bonds. The van der Waals surface area contributed by atoms with E-state index in [1.807, 2.05) is 18.4 Å². The van der Waals surface area contributed by atoms with E-state index >= 15 is 0 Å². The Balaban J connectivity index is 2.32. The van der Waals surface area contributed by atoms with E-state index in [1.165, 1.54) is 27.3 Å². The summed E-state index contributed by atoms with van der Waals surface area (Å²) in [6.45, 7) is 4.47. The lowest BCUT2D eigenvalue weighted by Gasteiger charge is -2.11. The zero-order valence-corrected chi connectivity index (χ0v) is 12.9. The maximum absolute atomic E-state index is 3.38. The van der Waals surface area contributed by atoms with Crippen molar-refractivity contribution in [3.8, 4) is 10.4 Å². The van der Waals surface area contributed by atoms with Gasteiger partial charge in [-0.25, -0.2) is 0 Å². The Kier molecular flexibility index (Phi) is 5.17. The highest BCUT2D eigenvalue weighted by atomic mass is 32.1. The standard InChI is InChI=1S/C17H23NS/c1-4-8-13-9-6-7-10-14(13)16-11-12-17(19-16)15(5-2)18-3/h6-7,9-12,15,18H,4-5,8H2,1-3H3. The SMILES string of the molecule is CCCc1ccccc1-c1ccc(C(CC)NC)s1. The molecule has 0 aliphatic carbocycles. The number of hydrogen-bond donors (Lipinski definition) is 1. The second-order valence-electron chi connectivity index (χ2n) is 4.86. The molecule has 0 fully saturated rings. The van der Waals surface area contributed by atoms with Crippen LogP contribution >= 0.6 is 11.3 Å². The van der Waals surface area contributed by atoms with Crippen molar-refractivity contribution < 1.29 is 0 Å². The van der Waals surface area contributed by atoms with Gasteiger partial charge in [0.25, 0.3) is 0 Å². The van der Waals surface area contributed by atoms with Crippen molar-refractivity contribution >= 4 is 11.3 Å². The summed E-state index contributed by atoms with van der Waals surface area (Å²) in [5.74, 6) is 0. The molecule has 1 heterocycles. The highest BCUT2D eigenvalue weighted by Gasteiger charge is 2.12. The normalized spacial score (nSPS) is 12.6. The first-order valence-electron chi connectivity index (χ1n) is 7.15. The summed E-state index contributed by atoms with van der Waals surface area (Å²) in [6, 6.07) is 13.8. The number of benzene rings is 1. The number of rotatable bonds is 6. The van der Waals surface area contributed by atoms with E-state index in [0.717, 1.165) is 12.8 Å². The van der Waals surface area contributed by atoms with Crippen molar-refractivity contribution in [2.24, 2.45) is 0 Å². The molecule has 0 aliphatic rings. The van der Waals surface area contributed by atoms with E-state index in [1.54, 1.807) is 0 Å². The van der Waals surface area contributed by atoms with Crippen molar-refractivity contribution in [1.29, 1.82) is 0 Å². The van der Waals surface area contributed by atoms with Gasteiger partial charge in [0.15, 0.2) is 0 Å². The van der Waals surface area contributed by atoms with Gasteiger partial charge >= 0.3 is 0 Å². The fourth-order valence-corrected chi connectivity index (χ4v) is 3.74. The Bertz CT molecular complexity index is 511. The maximum Gasteiger partial charge on any atom is 0.0409 e. The molecule has 1 atom stereocenters. The van der Waals surface area contributed by atoms with Gasteiger partial charge in [0, 0.05) is 15.8 Å². The van der Waals surface area contributed by atoms with Crippen LogP contribution in [0.3, 0.4) is 0 Å². The van der Waals surface area contributed by atoms with Gasteiger partial charge in [-0.3, -0.25) is 0 Å². The summed E-state index contributed by atoms with van der Waals surface area (Å²) >= 11 is 1.92. The van der Waals surface area contributed by atoms with Crippen LogP contribution in [0.5, 0.6) is 0 Å². The van der Waals surface area contributed by atoms with Crippen LogP contribution in [0.2, 0.25) is 0 Å². The van der Waals surface area contributed by atoms with E-state index in [4.69, 9.17) is 0 Å². The van der Waals surface area contributed by atoms with E-state index in [2.05, 4.69) is 55.6 Å². The highest BCUT2D eigenvalue weighted by molar-refractivity contribution is 7.15. The van der Waals surface area contributed by atoms with Crippen molar-refractivity contribution in [2.75, 3.05) is 7.05 Å². The molecule has 102 valence electrons. The smallest absolute Gasteiger partial charge is 0.0409 e. The Morgan fingerprint density at radius 2 is 1.89 bits per heavy atom. The maximum atomic E-state index is 3.38. The topological polar surface area (TPSA) is 12.0 Å². The van der Waals surface area contributed by atoms with Gasteiger partial charge in [-0.1, -0.05) is 44.5 Å². The molecule has 2 aromatic rings. The van der Waals surface area contributed by atoms with E-state index in [9.17, 15) is 0 Å². The summed E-state index contributed by atoms with van der Waals surface area (Å²) in [5.41, 5.74) is 2.88. The quantitative estimate of drug-likeness (QED) is 0.777. The fourth-order valence-electron chi connectivity index (χ4n) is 2.48. The lowest BCUT2D eigenvalue weighted by Crippen LogP contribution is -2.13. The summed E-state index contributed by atoms with van der Waals surface area (Å²) in [5, 5.41) is 3.38. The average Bonchev–Trinajstić information content (AvgIpc) is 2.91. The number of nitrogens with one attached hydrogen (secondary N) is 1. The van der Waals surface area contributed by atoms with Crippen LogP contribution in [-0.4, -0.2) is 7.05 Å². The Morgan fingerprint density at radius 1 is 1.11 bits per heavy atom. The summed E-state index contributed by atoms with van der Waals surface area (Å²) < 4.78 is 0. The molecule has 1 aromatic carbocycles. The van der Waals surface area contributed by atoms with Gasteiger partial charge in [-0.05, 0) is 43.1 Å². The predicted octanol–water partition coefficient (Wildman–Crippen LogP) is 5.04. The molecule has 0 radical (unpaired) electrons. The third kappa shape index (κ3) is 3.26. The zero-order chi connectivity index (χ0) is 13.7. The van der Waals surface area contributed by atoms with Crippen LogP contribution in [0, 0.1) is 0 Å². The zero-order valence-electron chi connectivity index (χ0n) is 12.1. The molecule has 2 rings (SSSR count). The highest BCUT2D eigenvalue weighted by Crippen LogP contribution is 2.34. The minimum absolute atomic E-state index is 0.483. The molecule has 0 saturated carbocycles. The van der Waals surface area contributed by atoms with Gasteiger partial charge in [0.05, 0.1) is 0 Å². The summed E-state index contributed by atoms with van der Waals surface area (Å²) in [4.78, 5) is 2.83. The molecular formula is C17H23NS. The van der Waals surface area contributed by atoms with E-state index < -0.39 is 0 Å². The molecule has 1 nitrogen and oxygen atoms in total. The first kappa shape index (κ1) is 14.3. The van der Waals surface area contributed by atoms with Crippen LogP contribution in [-0.2, 0) is 6.42 Å². The molecule has 0 saturated heterocycles. The van der Waals surface area contributed by atoms with Crippen LogP contribution in [0.25, 0.3) is 10.4 Å². The number of thiophene rings is 1. The molecule has 1 unspecified atom stereocenters. The molecular weight excluding hydrogens is 250 g/mol. The first-order valence-corrected chi connectivity index (χ1v) is 7.97. The van der Waals surface area contributed by atoms with Crippen molar-refractivity contribution in [3.63, 3.8) is 0 Å². The number of hydrogen-bond acceptors (Lipinski definition) is 2. The minimum atomic E-state index is 0.483. The van der Waals surface area contributed by atoms with Gasteiger partial charge in [-0.2, -0.15) is 0 Å². The van der Waals surface area contributed by atoms with Crippen LogP contribution < -0.4 is 5.32 Å². The lowest BCUT2D eigenvalue weighted by molar-refractivity contribution is 0.586. The van der Waals surface area contributed by atoms with Crippen LogP contribution in [0.15, 0.2) is 36.4 Å². The third-order valence-corrected chi connectivity index (χ3v) is 4.76. The van der Waals surface area contributed by atoms with Gasteiger partial charge in [0.2, 0.25) is 0 Å². The van der Waals surface area contributed by atoms with Gasteiger partial charge in [-0.15, -0.1) is 11.3 Å². The average molecular weight is 273 g/mol. The van der Waals surface area contributed by atoms with Crippen molar-refractivity contribution in [1.82, 2.24) is 5.32 Å². The Morgan fingerprint density at radius 3 is 2.58 bits per heavy atom. The van der Waals surface area contributed by atoms with Gasteiger partial charge in [0.1, 0.15) is 0 Å². The second-order valence-corrected chi connectivity index (χ2v) is 5.97. The van der Waals surface area contributed by atoms with Crippen molar-refractivity contribution in [2.45, 2.75) is 39.2 Å². The predicted molar refractivity (Wildman–Crippen MR) is 85.8 cm³/mol. The van der Waals surface area contributed by atoms with Crippen molar-refractivity contribution in [3.05, 3.63) is 46.8 Å². The van der Waals surface area contributed by atoms with Crippen LogP contribution in [0.1, 0.15) is 43.2 Å². The molecule has 19 heavy (non-hydrogen) atoms. The summed E-state index contributed by atoms with van der Waals surface area (Å²) in [7, 11) is 2.04. The van der Waals surface area contributed by atoms with E-state index in [0.29, 0.717) is 6.04 Å². The first-order chi connectivity index (χ1) is 9.30. The fraction of sp³-hybridized carbons (Fsp3) is 0.412. The third-order valence-electron chi connectivity index (χ3n) is 3.53. The Hall–Kier alpha value is -1.12. The number of aryl methyl sites for hydroxylation is 1. The Labute approximate surface area is 120 Å². The minimum Gasteiger partial charge on any atom is -0.312 e. The molecule has 0 aliphatic heterocycles. The molecule has 1 aromatic heterocycles. The van der Waals surface area contributed by atoms with E-state index in [-0.39, 0.29) is 0 Å². The molecule has 0 bridgehead atoms.